The predicted molar refractivity (Wildman–Crippen MR) is 93.0 cm³/mol. The molecule has 4 heteroatoms. The molecule has 2 aromatic carbocycles. The lowest BCUT2D eigenvalue weighted by molar-refractivity contribution is -0.00219. The molecule has 0 saturated carbocycles. The van der Waals surface area contributed by atoms with Crippen LogP contribution in [0.1, 0.15) is 31.4 Å². The first kappa shape index (κ1) is 18.3. The molecule has 0 heterocycles. The van der Waals surface area contributed by atoms with Gasteiger partial charge in [0.2, 0.25) is 0 Å². The van der Waals surface area contributed by atoms with Gasteiger partial charge in [-0.2, -0.15) is 0 Å². The van der Waals surface area contributed by atoms with E-state index in [2.05, 4.69) is 0 Å². The zero-order chi connectivity index (χ0) is 17.7. The molecule has 0 fully saturated rings. The minimum Gasteiger partial charge on any atom is -0.497 e. The molecular formula is C20H25FO3. The van der Waals surface area contributed by atoms with Gasteiger partial charge in [0, 0.05) is 6.07 Å². The Balaban J connectivity index is 2.18. The van der Waals surface area contributed by atoms with E-state index in [-0.39, 0.29) is 11.7 Å². The molecule has 0 bridgehead atoms. The number of ether oxygens (including phenoxy) is 2. The highest BCUT2D eigenvalue weighted by molar-refractivity contribution is 5.41. The molecule has 0 spiro atoms. The van der Waals surface area contributed by atoms with E-state index >= 15 is 0 Å². The highest BCUT2D eigenvalue weighted by Gasteiger charge is 2.31. The minimum absolute atomic E-state index is 0.0751. The Kier molecular flexibility index (Phi) is 5.84. The van der Waals surface area contributed by atoms with E-state index in [1.807, 2.05) is 25.1 Å². The Bertz CT molecular complexity index is 660. The summed E-state index contributed by atoms with van der Waals surface area (Å²) in [4.78, 5) is 0. The fraction of sp³-hybridized carbons (Fsp3) is 0.400. The number of benzene rings is 2. The largest absolute Gasteiger partial charge is 0.497 e. The van der Waals surface area contributed by atoms with E-state index in [1.54, 1.807) is 39.3 Å². The first-order chi connectivity index (χ1) is 11.4. The van der Waals surface area contributed by atoms with Crippen LogP contribution >= 0.6 is 0 Å². The van der Waals surface area contributed by atoms with Crippen LogP contribution in [-0.4, -0.2) is 19.3 Å². The van der Waals surface area contributed by atoms with Gasteiger partial charge in [0.15, 0.2) is 0 Å². The molecule has 0 saturated heterocycles. The Morgan fingerprint density at radius 3 is 2.21 bits per heavy atom. The molecule has 24 heavy (non-hydrogen) atoms. The Morgan fingerprint density at radius 2 is 1.67 bits per heavy atom. The lowest BCUT2D eigenvalue weighted by atomic mass is 9.80. The first-order valence-corrected chi connectivity index (χ1v) is 8.07. The van der Waals surface area contributed by atoms with E-state index in [4.69, 9.17) is 9.47 Å². The average molecular weight is 332 g/mol. The van der Waals surface area contributed by atoms with E-state index in [1.165, 1.54) is 6.07 Å². The summed E-state index contributed by atoms with van der Waals surface area (Å²) < 4.78 is 24.3. The maximum absolute atomic E-state index is 13.8. The van der Waals surface area contributed by atoms with Crippen LogP contribution in [0.5, 0.6) is 11.5 Å². The standard InChI is InChI=1S/C20H25FO3/c1-14(9-10-15-7-5-6-8-19(15)21)20(2,22)16-11-17(23-3)13-18(12-16)24-4/h5-8,11-14,22H,9-10H2,1-4H3. The van der Waals surface area contributed by atoms with Crippen molar-refractivity contribution < 1.29 is 19.0 Å². The topological polar surface area (TPSA) is 38.7 Å². The molecule has 1 N–H and O–H groups in total. The van der Waals surface area contributed by atoms with Gasteiger partial charge in [-0.1, -0.05) is 25.1 Å². The van der Waals surface area contributed by atoms with Crippen LogP contribution in [0.25, 0.3) is 0 Å². The van der Waals surface area contributed by atoms with E-state index in [0.717, 1.165) is 5.56 Å². The average Bonchev–Trinajstić information content (AvgIpc) is 2.60. The molecular weight excluding hydrogens is 307 g/mol. The molecule has 0 aliphatic rings. The maximum Gasteiger partial charge on any atom is 0.126 e. The first-order valence-electron chi connectivity index (χ1n) is 8.07. The number of aliphatic hydroxyl groups is 1. The van der Waals surface area contributed by atoms with Gasteiger partial charge in [0.1, 0.15) is 17.3 Å². The second-order valence-electron chi connectivity index (χ2n) is 6.28. The molecule has 0 amide bonds. The molecule has 2 rings (SSSR count). The van der Waals surface area contributed by atoms with Gasteiger partial charge >= 0.3 is 0 Å². The van der Waals surface area contributed by atoms with Crippen LogP contribution in [0.3, 0.4) is 0 Å². The molecule has 0 aromatic heterocycles. The highest BCUT2D eigenvalue weighted by Crippen LogP contribution is 2.36. The number of hydrogen-bond donors (Lipinski definition) is 1. The van der Waals surface area contributed by atoms with Gasteiger partial charge in [0.05, 0.1) is 19.8 Å². The Morgan fingerprint density at radius 1 is 1.08 bits per heavy atom. The van der Waals surface area contributed by atoms with Crippen molar-refractivity contribution in [2.24, 2.45) is 5.92 Å². The molecule has 0 aliphatic heterocycles. The predicted octanol–water partition coefficient (Wildman–Crippen LogP) is 4.32. The summed E-state index contributed by atoms with van der Waals surface area (Å²) in [6.07, 6.45) is 1.23. The molecule has 0 radical (unpaired) electrons. The SMILES string of the molecule is COc1cc(OC)cc(C(C)(O)C(C)CCc2ccccc2F)c1. The van der Waals surface area contributed by atoms with Crippen molar-refractivity contribution in [3.05, 3.63) is 59.4 Å². The summed E-state index contributed by atoms with van der Waals surface area (Å²) in [7, 11) is 3.16. The number of hydrogen-bond acceptors (Lipinski definition) is 3. The Labute approximate surface area is 143 Å². The molecule has 2 aromatic rings. The van der Waals surface area contributed by atoms with Crippen LogP contribution in [0.4, 0.5) is 4.39 Å². The molecule has 0 aliphatic carbocycles. The van der Waals surface area contributed by atoms with Crippen LogP contribution in [0.2, 0.25) is 0 Å². The number of halogens is 1. The van der Waals surface area contributed by atoms with E-state index < -0.39 is 5.60 Å². The van der Waals surface area contributed by atoms with Gasteiger partial charge < -0.3 is 14.6 Å². The third-order valence-corrected chi connectivity index (χ3v) is 4.70. The van der Waals surface area contributed by atoms with Gasteiger partial charge in [-0.3, -0.25) is 0 Å². The molecule has 130 valence electrons. The fourth-order valence-corrected chi connectivity index (χ4v) is 2.74. The fourth-order valence-electron chi connectivity index (χ4n) is 2.74. The monoisotopic (exact) mass is 332 g/mol. The summed E-state index contributed by atoms with van der Waals surface area (Å²) >= 11 is 0. The van der Waals surface area contributed by atoms with Crippen LogP contribution < -0.4 is 9.47 Å². The third-order valence-electron chi connectivity index (χ3n) is 4.70. The van der Waals surface area contributed by atoms with Crippen LogP contribution in [-0.2, 0) is 12.0 Å². The number of rotatable bonds is 7. The summed E-state index contributed by atoms with van der Waals surface area (Å²) in [5, 5.41) is 11.0. The minimum atomic E-state index is -1.08. The summed E-state index contributed by atoms with van der Waals surface area (Å²) in [6.45, 7) is 3.74. The Hall–Kier alpha value is -2.07. The van der Waals surface area contributed by atoms with E-state index in [0.29, 0.717) is 29.9 Å². The van der Waals surface area contributed by atoms with Crippen molar-refractivity contribution in [2.75, 3.05) is 14.2 Å². The summed E-state index contributed by atoms with van der Waals surface area (Å²) in [5.74, 6) is 0.984. The third kappa shape index (κ3) is 4.06. The highest BCUT2D eigenvalue weighted by atomic mass is 19.1. The van der Waals surface area contributed by atoms with Crippen molar-refractivity contribution in [2.45, 2.75) is 32.3 Å². The summed E-state index contributed by atoms with van der Waals surface area (Å²) in [5.41, 5.74) is 0.315. The lowest BCUT2D eigenvalue weighted by Crippen LogP contribution is -2.30. The molecule has 2 unspecified atom stereocenters. The van der Waals surface area contributed by atoms with Gasteiger partial charge in [-0.05, 0) is 55.0 Å². The van der Waals surface area contributed by atoms with Gasteiger partial charge in [-0.15, -0.1) is 0 Å². The maximum atomic E-state index is 13.8. The molecule has 2 atom stereocenters. The smallest absolute Gasteiger partial charge is 0.126 e. The van der Waals surface area contributed by atoms with Crippen LogP contribution in [0.15, 0.2) is 42.5 Å². The van der Waals surface area contributed by atoms with Crippen molar-refractivity contribution in [1.82, 2.24) is 0 Å². The van der Waals surface area contributed by atoms with E-state index in [9.17, 15) is 9.50 Å². The van der Waals surface area contributed by atoms with Crippen molar-refractivity contribution >= 4 is 0 Å². The quantitative estimate of drug-likeness (QED) is 0.821. The number of aryl methyl sites for hydroxylation is 1. The zero-order valence-electron chi connectivity index (χ0n) is 14.7. The van der Waals surface area contributed by atoms with Crippen molar-refractivity contribution in [3.8, 4) is 11.5 Å². The van der Waals surface area contributed by atoms with Crippen LogP contribution in [0, 0.1) is 11.7 Å². The second-order valence-corrected chi connectivity index (χ2v) is 6.28. The molecule has 3 nitrogen and oxygen atoms in total. The number of methoxy groups -OCH3 is 2. The summed E-state index contributed by atoms with van der Waals surface area (Å²) in [6, 6.07) is 12.1. The normalized spacial score (nSPS) is 14.8. The van der Waals surface area contributed by atoms with Gasteiger partial charge in [-0.25, -0.2) is 4.39 Å². The second kappa shape index (κ2) is 7.67. The lowest BCUT2D eigenvalue weighted by Gasteiger charge is -2.31. The zero-order valence-corrected chi connectivity index (χ0v) is 14.7. The van der Waals surface area contributed by atoms with Crippen molar-refractivity contribution in [1.29, 1.82) is 0 Å². The van der Waals surface area contributed by atoms with Gasteiger partial charge in [0.25, 0.3) is 0 Å². The van der Waals surface area contributed by atoms with Crippen molar-refractivity contribution in [3.63, 3.8) is 0 Å².